The summed E-state index contributed by atoms with van der Waals surface area (Å²) < 4.78 is 41.5. The van der Waals surface area contributed by atoms with E-state index >= 15 is 0 Å². The zero-order chi connectivity index (χ0) is 16.1. The maximum Gasteiger partial charge on any atom is 0.437 e. The molecule has 0 bridgehead atoms. The van der Waals surface area contributed by atoms with E-state index in [-0.39, 0.29) is 17.3 Å². The summed E-state index contributed by atoms with van der Waals surface area (Å²) in [4.78, 5) is 22.6. The fourth-order valence-corrected chi connectivity index (χ4v) is 2.00. The number of nitrogens with two attached hydrogens (primary N) is 1. The van der Waals surface area contributed by atoms with Crippen molar-refractivity contribution in [2.45, 2.75) is 13.1 Å². The van der Waals surface area contributed by atoms with Crippen molar-refractivity contribution in [2.75, 3.05) is 5.73 Å². The molecule has 22 heavy (non-hydrogen) atoms. The Labute approximate surface area is 120 Å². The third-order valence-corrected chi connectivity index (χ3v) is 2.89. The predicted octanol–water partition coefficient (Wildman–Crippen LogP) is 1.18. The number of anilines is 1. The van der Waals surface area contributed by atoms with Gasteiger partial charge in [0.05, 0.1) is 11.9 Å². The lowest BCUT2D eigenvalue weighted by Gasteiger charge is -2.11. The van der Waals surface area contributed by atoms with Crippen LogP contribution in [0.2, 0.25) is 0 Å². The monoisotopic (exact) mass is 310 g/mol. The summed E-state index contributed by atoms with van der Waals surface area (Å²) in [5, 5.41) is 0. The van der Waals surface area contributed by atoms with E-state index in [0.29, 0.717) is 5.69 Å². The first-order valence-corrected chi connectivity index (χ1v) is 6.05. The summed E-state index contributed by atoms with van der Waals surface area (Å²) in [5.74, 6) is -0.258. The number of hydrogen-bond acceptors (Lipinski definition) is 5. The largest absolute Gasteiger partial charge is 0.437 e. The normalized spacial score (nSPS) is 12.0. The van der Waals surface area contributed by atoms with Crippen LogP contribution in [0.25, 0.3) is 11.5 Å². The summed E-state index contributed by atoms with van der Waals surface area (Å²) in [5.41, 5.74) is 3.42. The Bertz CT molecular complexity index is 927. The number of nitrogen functional groups attached to an aromatic ring is 1. The third-order valence-electron chi connectivity index (χ3n) is 2.89. The summed E-state index contributed by atoms with van der Waals surface area (Å²) >= 11 is 0. The first-order valence-electron chi connectivity index (χ1n) is 6.05. The highest BCUT2D eigenvalue weighted by Gasteiger charge is 2.37. The number of nitrogens with zero attached hydrogens (tertiary/aromatic N) is 5. The fourth-order valence-electron chi connectivity index (χ4n) is 2.00. The summed E-state index contributed by atoms with van der Waals surface area (Å²) in [7, 11) is 0. The second-order valence-electron chi connectivity index (χ2n) is 4.56. The van der Waals surface area contributed by atoms with Crippen LogP contribution >= 0.6 is 0 Å². The number of aromatic nitrogens is 5. The van der Waals surface area contributed by atoms with Crippen molar-refractivity contribution in [2.24, 2.45) is 0 Å². The van der Waals surface area contributed by atoms with Crippen LogP contribution in [-0.2, 0) is 6.18 Å². The standard InChI is InChI=1S/C12H9F3N6O/c1-6-4-20-5-8(21-3-2-7(16)18-11(21)22)19-9(10(20)17-6)12(13,14)15/h2-5H,1H3,(H2,16,18,22). The van der Waals surface area contributed by atoms with Gasteiger partial charge in [-0.15, -0.1) is 0 Å². The molecule has 0 aromatic carbocycles. The Kier molecular flexibility index (Phi) is 2.90. The average Bonchev–Trinajstić information content (AvgIpc) is 2.76. The zero-order valence-electron chi connectivity index (χ0n) is 11.2. The van der Waals surface area contributed by atoms with Gasteiger partial charge >= 0.3 is 11.9 Å². The summed E-state index contributed by atoms with van der Waals surface area (Å²) in [6.45, 7) is 1.56. The van der Waals surface area contributed by atoms with Gasteiger partial charge in [0.25, 0.3) is 0 Å². The highest BCUT2D eigenvalue weighted by Crippen LogP contribution is 2.31. The number of halogens is 3. The van der Waals surface area contributed by atoms with E-state index in [2.05, 4.69) is 15.0 Å². The van der Waals surface area contributed by atoms with Gasteiger partial charge in [0.1, 0.15) is 5.82 Å². The van der Waals surface area contributed by atoms with Crippen LogP contribution in [0.1, 0.15) is 11.4 Å². The predicted molar refractivity (Wildman–Crippen MR) is 70.5 cm³/mol. The minimum Gasteiger partial charge on any atom is -0.383 e. The van der Waals surface area contributed by atoms with Gasteiger partial charge < -0.3 is 10.1 Å². The van der Waals surface area contributed by atoms with Crippen molar-refractivity contribution >= 4 is 11.5 Å². The minimum atomic E-state index is -4.71. The van der Waals surface area contributed by atoms with Crippen LogP contribution in [-0.4, -0.2) is 23.9 Å². The number of hydrogen-bond donors (Lipinski definition) is 1. The molecule has 0 spiro atoms. The molecule has 0 saturated heterocycles. The molecular formula is C12H9F3N6O. The quantitative estimate of drug-likeness (QED) is 0.729. The Morgan fingerprint density at radius 3 is 2.55 bits per heavy atom. The lowest BCUT2D eigenvalue weighted by Crippen LogP contribution is -2.24. The van der Waals surface area contributed by atoms with Crippen LogP contribution in [0.5, 0.6) is 0 Å². The molecule has 0 atom stereocenters. The number of imidazole rings is 1. The van der Waals surface area contributed by atoms with E-state index in [9.17, 15) is 18.0 Å². The van der Waals surface area contributed by atoms with Crippen molar-refractivity contribution in [3.05, 3.63) is 46.5 Å². The van der Waals surface area contributed by atoms with Gasteiger partial charge in [-0.3, -0.25) is 4.57 Å². The molecule has 3 rings (SSSR count). The van der Waals surface area contributed by atoms with Gasteiger partial charge in [0.15, 0.2) is 17.2 Å². The van der Waals surface area contributed by atoms with Gasteiger partial charge in [-0.05, 0) is 13.0 Å². The number of rotatable bonds is 1. The lowest BCUT2D eigenvalue weighted by molar-refractivity contribution is -0.140. The lowest BCUT2D eigenvalue weighted by atomic mass is 10.4. The molecule has 3 heterocycles. The van der Waals surface area contributed by atoms with Crippen LogP contribution in [0.3, 0.4) is 0 Å². The van der Waals surface area contributed by atoms with Crippen LogP contribution in [0.4, 0.5) is 19.0 Å². The Morgan fingerprint density at radius 1 is 1.18 bits per heavy atom. The topological polar surface area (TPSA) is 91.1 Å². The second-order valence-corrected chi connectivity index (χ2v) is 4.56. The molecule has 0 aliphatic heterocycles. The molecule has 0 saturated carbocycles. The molecule has 0 radical (unpaired) electrons. The van der Waals surface area contributed by atoms with Crippen LogP contribution in [0, 0.1) is 6.92 Å². The van der Waals surface area contributed by atoms with Crippen molar-refractivity contribution in [3.8, 4) is 5.82 Å². The Balaban J connectivity index is 2.34. The van der Waals surface area contributed by atoms with Crippen LogP contribution in [0.15, 0.2) is 29.5 Å². The van der Waals surface area contributed by atoms with E-state index in [1.807, 2.05) is 0 Å². The molecule has 114 valence electrons. The molecule has 10 heteroatoms. The van der Waals surface area contributed by atoms with Crippen molar-refractivity contribution in [1.82, 2.24) is 23.9 Å². The molecule has 7 nitrogen and oxygen atoms in total. The van der Waals surface area contributed by atoms with Gasteiger partial charge in [-0.1, -0.05) is 0 Å². The van der Waals surface area contributed by atoms with Gasteiger partial charge in [0, 0.05) is 12.4 Å². The SMILES string of the molecule is Cc1cn2cc(-n3ccc(N)nc3=O)nc(C(F)(F)F)c2n1. The van der Waals surface area contributed by atoms with Gasteiger partial charge in [0.2, 0.25) is 0 Å². The maximum atomic E-state index is 13.1. The number of aryl methyl sites for hydroxylation is 1. The Morgan fingerprint density at radius 2 is 1.91 bits per heavy atom. The number of fused-ring (bicyclic) bond motifs is 1. The highest BCUT2D eigenvalue weighted by molar-refractivity contribution is 5.49. The fraction of sp³-hybridized carbons (Fsp3) is 0.167. The molecular weight excluding hydrogens is 301 g/mol. The third kappa shape index (κ3) is 2.28. The van der Waals surface area contributed by atoms with E-state index in [4.69, 9.17) is 5.73 Å². The molecule has 3 aromatic heterocycles. The molecule has 0 fully saturated rings. The maximum absolute atomic E-state index is 13.1. The number of alkyl halides is 3. The van der Waals surface area contributed by atoms with E-state index in [0.717, 1.165) is 4.57 Å². The molecule has 3 aromatic rings. The summed E-state index contributed by atoms with van der Waals surface area (Å²) in [6, 6.07) is 1.29. The second kappa shape index (κ2) is 4.55. The highest BCUT2D eigenvalue weighted by atomic mass is 19.4. The molecule has 0 aliphatic rings. The van der Waals surface area contributed by atoms with E-state index in [1.54, 1.807) is 6.92 Å². The molecule has 0 aliphatic carbocycles. The van der Waals surface area contributed by atoms with Crippen LogP contribution < -0.4 is 11.4 Å². The van der Waals surface area contributed by atoms with E-state index in [1.165, 1.54) is 29.1 Å². The minimum absolute atomic E-state index is 0.0307. The zero-order valence-corrected chi connectivity index (χ0v) is 11.2. The molecule has 2 N–H and O–H groups in total. The smallest absolute Gasteiger partial charge is 0.383 e. The van der Waals surface area contributed by atoms with Gasteiger partial charge in [-0.2, -0.15) is 18.2 Å². The Hall–Kier alpha value is -2.91. The van der Waals surface area contributed by atoms with Crippen molar-refractivity contribution in [3.63, 3.8) is 0 Å². The molecule has 0 amide bonds. The average molecular weight is 310 g/mol. The first kappa shape index (κ1) is 14.0. The van der Waals surface area contributed by atoms with Crippen molar-refractivity contribution in [1.29, 1.82) is 0 Å². The summed E-state index contributed by atoms with van der Waals surface area (Å²) in [6.07, 6.45) is -0.821. The van der Waals surface area contributed by atoms with Gasteiger partial charge in [-0.25, -0.2) is 14.8 Å². The van der Waals surface area contributed by atoms with E-state index < -0.39 is 17.6 Å². The molecule has 0 unspecified atom stereocenters. The van der Waals surface area contributed by atoms with Crippen molar-refractivity contribution < 1.29 is 13.2 Å². The first-order chi connectivity index (χ1) is 10.3.